The third-order valence-electron chi connectivity index (χ3n) is 1.60. The summed E-state index contributed by atoms with van der Waals surface area (Å²) in [6.45, 7) is -0.355. The summed E-state index contributed by atoms with van der Waals surface area (Å²) in [6, 6.07) is 1.51. The summed E-state index contributed by atoms with van der Waals surface area (Å²) in [5.74, 6) is 0.210. The molecule has 15 heavy (non-hydrogen) atoms. The van der Waals surface area contributed by atoms with E-state index in [0.717, 1.165) is 18.0 Å². The van der Waals surface area contributed by atoms with Crippen molar-refractivity contribution in [2.45, 2.75) is 11.0 Å². The Labute approximate surface area is 90.1 Å². The smallest absolute Gasteiger partial charge is 0.300 e. The van der Waals surface area contributed by atoms with E-state index in [-0.39, 0.29) is 18.0 Å². The lowest BCUT2D eigenvalue weighted by molar-refractivity contribution is -0.388. The number of nitrogens with zero attached hydrogens (tertiary/aromatic N) is 2. The van der Waals surface area contributed by atoms with Crippen LogP contribution in [0.2, 0.25) is 0 Å². The van der Waals surface area contributed by atoms with Crippen molar-refractivity contribution < 1.29 is 15.1 Å². The van der Waals surface area contributed by atoms with Crippen LogP contribution in [0, 0.1) is 10.1 Å². The highest BCUT2D eigenvalue weighted by atomic mass is 32.2. The molecule has 82 valence electrons. The van der Waals surface area contributed by atoms with Crippen LogP contribution in [-0.2, 0) is 0 Å². The standard InChI is InChI=1S/C8H10N2O4S/c11-4-6(12)5-15-8-1-2-9-3-7(8)10(13)14/h1-3,6,11-12H,4-5H2. The van der Waals surface area contributed by atoms with Crippen LogP contribution in [0.25, 0.3) is 0 Å². The minimum atomic E-state index is -0.872. The molecule has 0 radical (unpaired) electrons. The zero-order chi connectivity index (χ0) is 11.3. The SMILES string of the molecule is O=[N+]([O-])c1cnccc1SCC(O)CO. The molecule has 0 aliphatic rings. The van der Waals surface area contributed by atoms with Gasteiger partial charge in [0.2, 0.25) is 0 Å². The van der Waals surface area contributed by atoms with Crippen molar-refractivity contribution in [2.75, 3.05) is 12.4 Å². The molecule has 0 aliphatic heterocycles. The summed E-state index contributed by atoms with van der Waals surface area (Å²) in [5, 5.41) is 28.3. The average molecular weight is 230 g/mol. The molecule has 0 saturated heterocycles. The maximum atomic E-state index is 10.6. The topological polar surface area (TPSA) is 96.5 Å². The van der Waals surface area contributed by atoms with Gasteiger partial charge in [-0.2, -0.15) is 0 Å². The lowest BCUT2D eigenvalue weighted by atomic mass is 10.4. The molecule has 1 aromatic heterocycles. The van der Waals surface area contributed by atoms with Crippen LogP contribution in [0.5, 0.6) is 0 Å². The van der Waals surface area contributed by atoms with Gasteiger partial charge in [-0.25, -0.2) is 0 Å². The van der Waals surface area contributed by atoms with Gasteiger partial charge < -0.3 is 10.2 Å². The Hall–Kier alpha value is -1.18. The molecule has 0 spiro atoms. The normalized spacial score (nSPS) is 12.4. The zero-order valence-electron chi connectivity index (χ0n) is 7.74. The number of aliphatic hydroxyl groups is 2. The first-order chi connectivity index (χ1) is 7.15. The van der Waals surface area contributed by atoms with E-state index in [1.54, 1.807) is 0 Å². The molecule has 1 unspecified atom stereocenters. The molecule has 0 aliphatic carbocycles. The molecule has 7 heteroatoms. The van der Waals surface area contributed by atoms with Crippen molar-refractivity contribution in [1.29, 1.82) is 0 Å². The van der Waals surface area contributed by atoms with Crippen LogP contribution < -0.4 is 0 Å². The third kappa shape index (κ3) is 3.46. The molecule has 1 aromatic rings. The van der Waals surface area contributed by atoms with Crippen molar-refractivity contribution in [3.8, 4) is 0 Å². The first-order valence-electron chi connectivity index (χ1n) is 4.15. The Balaban J connectivity index is 2.72. The maximum absolute atomic E-state index is 10.6. The largest absolute Gasteiger partial charge is 0.394 e. The number of rotatable bonds is 5. The van der Waals surface area contributed by atoms with Crippen molar-refractivity contribution >= 4 is 17.4 Å². The number of nitro groups is 1. The highest BCUT2D eigenvalue weighted by Gasteiger charge is 2.14. The van der Waals surface area contributed by atoms with Gasteiger partial charge in [-0.1, -0.05) is 0 Å². The molecule has 0 saturated carbocycles. The van der Waals surface area contributed by atoms with Crippen LogP contribution in [0.15, 0.2) is 23.4 Å². The Bertz CT molecular complexity index is 347. The van der Waals surface area contributed by atoms with Gasteiger partial charge in [0.15, 0.2) is 0 Å². The molecular weight excluding hydrogens is 220 g/mol. The Morgan fingerprint density at radius 1 is 1.67 bits per heavy atom. The summed E-state index contributed by atoms with van der Waals surface area (Å²) >= 11 is 1.12. The number of aromatic nitrogens is 1. The van der Waals surface area contributed by atoms with Gasteiger partial charge in [0.1, 0.15) is 6.20 Å². The third-order valence-corrected chi connectivity index (χ3v) is 2.81. The summed E-state index contributed by atoms with van der Waals surface area (Å²) in [4.78, 5) is 14.1. The lowest BCUT2D eigenvalue weighted by Gasteiger charge is -2.06. The van der Waals surface area contributed by atoms with Gasteiger partial charge >= 0.3 is 5.69 Å². The fraction of sp³-hybridized carbons (Fsp3) is 0.375. The number of aliphatic hydroxyl groups excluding tert-OH is 2. The van der Waals surface area contributed by atoms with E-state index in [1.807, 2.05) is 0 Å². The number of hydrogen-bond acceptors (Lipinski definition) is 6. The van der Waals surface area contributed by atoms with Gasteiger partial charge in [-0.05, 0) is 6.07 Å². The molecule has 2 N–H and O–H groups in total. The van der Waals surface area contributed by atoms with Crippen molar-refractivity contribution in [3.05, 3.63) is 28.6 Å². The number of thioether (sulfide) groups is 1. The number of pyridine rings is 1. The van der Waals surface area contributed by atoms with E-state index in [2.05, 4.69) is 4.98 Å². The summed E-state index contributed by atoms with van der Waals surface area (Å²) in [6.07, 6.45) is 1.73. The van der Waals surface area contributed by atoms with Crippen molar-refractivity contribution in [2.24, 2.45) is 0 Å². The molecule has 1 atom stereocenters. The lowest BCUT2D eigenvalue weighted by Crippen LogP contribution is -2.14. The van der Waals surface area contributed by atoms with E-state index >= 15 is 0 Å². The van der Waals surface area contributed by atoms with E-state index in [4.69, 9.17) is 10.2 Å². The molecule has 0 bridgehead atoms. The molecule has 1 rings (SSSR count). The highest BCUT2D eigenvalue weighted by molar-refractivity contribution is 7.99. The second-order valence-electron chi connectivity index (χ2n) is 2.75. The molecule has 0 fully saturated rings. The molecule has 0 aromatic carbocycles. The quantitative estimate of drug-likeness (QED) is 0.432. The van der Waals surface area contributed by atoms with Crippen LogP contribution in [0.3, 0.4) is 0 Å². The molecule has 0 amide bonds. The fourth-order valence-electron chi connectivity index (χ4n) is 0.871. The van der Waals surface area contributed by atoms with Gasteiger partial charge in [-0.3, -0.25) is 15.1 Å². The monoisotopic (exact) mass is 230 g/mol. The Morgan fingerprint density at radius 3 is 3.00 bits per heavy atom. The van der Waals surface area contributed by atoms with E-state index < -0.39 is 11.0 Å². The minimum Gasteiger partial charge on any atom is -0.394 e. The maximum Gasteiger partial charge on any atom is 0.300 e. The van der Waals surface area contributed by atoms with Crippen LogP contribution in [0.1, 0.15) is 0 Å². The average Bonchev–Trinajstić information content (AvgIpc) is 2.26. The first-order valence-corrected chi connectivity index (χ1v) is 5.14. The number of hydrogen-bond donors (Lipinski definition) is 2. The van der Waals surface area contributed by atoms with Crippen molar-refractivity contribution in [3.63, 3.8) is 0 Å². The van der Waals surface area contributed by atoms with Crippen LogP contribution in [0.4, 0.5) is 5.69 Å². The van der Waals surface area contributed by atoms with Gasteiger partial charge in [0.05, 0.1) is 22.5 Å². The Kier molecular flexibility index (Phi) is 4.47. The van der Waals surface area contributed by atoms with E-state index in [1.165, 1.54) is 12.3 Å². The van der Waals surface area contributed by atoms with Crippen LogP contribution in [-0.4, -0.2) is 38.6 Å². The predicted molar refractivity (Wildman–Crippen MR) is 54.7 cm³/mol. The van der Waals surface area contributed by atoms with E-state index in [9.17, 15) is 10.1 Å². The van der Waals surface area contributed by atoms with Gasteiger partial charge in [0.25, 0.3) is 0 Å². The minimum absolute atomic E-state index is 0.0901. The summed E-state index contributed by atoms with van der Waals surface area (Å²) in [5.41, 5.74) is -0.0901. The fourth-order valence-corrected chi connectivity index (χ4v) is 1.78. The summed E-state index contributed by atoms with van der Waals surface area (Å²) in [7, 11) is 0. The second kappa shape index (κ2) is 5.64. The highest BCUT2D eigenvalue weighted by Crippen LogP contribution is 2.27. The molecule has 1 heterocycles. The zero-order valence-corrected chi connectivity index (χ0v) is 8.55. The van der Waals surface area contributed by atoms with Crippen LogP contribution >= 0.6 is 11.8 Å². The molecular formula is C8H10N2O4S. The van der Waals surface area contributed by atoms with Gasteiger partial charge in [-0.15, -0.1) is 11.8 Å². The van der Waals surface area contributed by atoms with E-state index in [0.29, 0.717) is 4.90 Å². The predicted octanol–water partition coefficient (Wildman–Crippen LogP) is 0.435. The van der Waals surface area contributed by atoms with Crippen molar-refractivity contribution in [1.82, 2.24) is 4.98 Å². The Morgan fingerprint density at radius 2 is 2.40 bits per heavy atom. The molecule has 6 nitrogen and oxygen atoms in total. The first kappa shape index (κ1) is 11.9. The summed E-state index contributed by atoms with van der Waals surface area (Å²) < 4.78 is 0. The second-order valence-corrected chi connectivity index (χ2v) is 3.81. The van der Waals surface area contributed by atoms with Gasteiger partial charge in [0, 0.05) is 11.9 Å².